The number of carbonyl (C=O) groups excluding carboxylic acids is 2. The van der Waals surface area contributed by atoms with Crippen LogP contribution < -0.4 is 4.90 Å². The molecule has 1 aromatic heterocycles. The number of hydrogen-bond acceptors (Lipinski definition) is 3. The average Bonchev–Trinajstić information content (AvgIpc) is 3.23. The number of amides is 1. The van der Waals surface area contributed by atoms with Crippen LogP contribution in [-0.4, -0.2) is 23.6 Å². The number of allylic oxidation sites excluding steroid dienone is 1. The number of aryl methyl sites for hydroxylation is 3. The predicted octanol–water partition coefficient (Wildman–Crippen LogP) is 6.89. The topological polar surface area (TPSA) is 51.5 Å². The van der Waals surface area contributed by atoms with Crippen molar-refractivity contribution in [1.29, 1.82) is 0 Å². The van der Waals surface area contributed by atoms with Crippen LogP contribution in [0.3, 0.4) is 0 Å². The van der Waals surface area contributed by atoms with E-state index in [0.29, 0.717) is 21.4 Å². The molecular formula is C28H26Cl2N2O3. The number of esters is 1. The van der Waals surface area contributed by atoms with Gasteiger partial charge in [0.05, 0.1) is 34.0 Å². The SMILES string of the molecule is COC(=O)C1=C(C)N(c2ccc(Cl)c(Cl)c2)C(=O)/C1=C\c1cc(C)n(-c2cc(C)ccc2C)c1C. The van der Waals surface area contributed by atoms with Gasteiger partial charge in [-0.2, -0.15) is 0 Å². The van der Waals surface area contributed by atoms with Gasteiger partial charge in [0.25, 0.3) is 5.91 Å². The minimum absolute atomic E-state index is 0.222. The van der Waals surface area contributed by atoms with Crippen molar-refractivity contribution in [2.45, 2.75) is 34.6 Å². The second kappa shape index (κ2) is 9.40. The second-order valence-electron chi connectivity index (χ2n) is 8.70. The molecule has 4 rings (SSSR count). The highest BCUT2D eigenvalue weighted by Gasteiger charge is 2.38. The quantitative estimate of drug-likeness (QED) is 0.284. The zero-order chi connectivity index (χ0) is 25.6. The van der Waals surface area contributed by atoms with Gasteiger partial charge in [0.2, 0.25) is 0 Å². The van der Waals surface area contributed by atoms with Gasteiger partial charge in [-0.15, -0.1) is 0 Å². The van der Waals surface area contributed by atoms with Crippen LogP contribution >= 0.6 is 23.2 Å². The fraction of sp³-hybridized carbons (Fsp3) is 0.214. The summed E-state index contributed by atoms with van der Waals surface area (Å²) < 4.78 is 7.20. The minimum atomic E-state index is -0.576. The summed E-state index contributed by atoms with van der Waals surface area (Å²) in [6.45, 7) is 9.88. The molecule has 180 valence electrons. The Labute approximate surface area is 215 Å². The number of nitrogens with zero attached hydrogens (tertiary/aromatic N) is 2. The van der Waals surface area contributed by atoms with Crippen LogP contribution in [0.5, 0.6) is 0 Å². The van der Waals surface area contributed by atoms with Crippen molar-refractivity contribution in [3.63, 3.8) is 0 Å². The number of benzene rings is 2. The molecule has 0 unspecified atom stereocenters. The van der Waals surface area contributed by atoms with Crippen molar-refractivity contribution in [3.05, 3.63) is 97.4 Å². The zero-order valence-electron chi connectivity index (χ0n) is 20.5. The summed E-state index contributed by atoms with van der Waals surface area (Å²) in [6, 6.07) is 13.3. The van der Waals surface area contributed by atoms with Crippen LogP contribution in [0.2, 0.25) is 10.0 Å². The Morgan fingerprint density at radius 3 is 2.31 bits per heavy atom. The molecule has 0 radical (unpaired) electrons. The van der Waals surface area contributed by atoms with Gasteiger partial charge in [0.15, 0.2) is 0 Å². The summed E-state index contributed by atoms with van der Waals surface area (Å²) in [7, 11) is 1.30. The molecule has 1 amide bonds. The van der Waals surface area contributed by atoms with Gasteiger partial charge in [0, 0.05) is 22.8 Å². The van der Waals surface area contributed by atoms with E-state index in [0.717, 1.165) is 33.8 Å². The summed E-state index contributed by atoms with van der Waals surface area (Å²) in [6.07, 6.45) is 1.76. The maximum atomic E-state index is 13.6. The Morgan fingerprint density at radius 2 is 1.66 bits per heavy atom. The first kappa shape index (κ1) is 24.8. The van der Waals surface area contributed by atoms with Crippen molar-refractivity contribution in [3.8, 4) is 5.69 Å². The van der Waals surface area contributed by atoms with Crippen molar-refractivity contribution in [2.75, 3.05) is 12.0 Å². The van der Waals surface area contributed by atoms with Crippen molar-refractivity contribution >= 4 is 46.8 Å². The Kier molecular flexibility index (Phi) is 6.67. The van der Waals surface area contributed by atoms with E-state index in [1.54, 1.807) is 31.2 Å². The van der Waals surface area contributed by atoms with Crippen LogP contribution in [0.4, 0.5) is 5.69 Å². The molecule has 0 saturated heterocycles. The van der Waals surface area contributed by atoms with E-state index in [4.69, 9.17) is 27.9 Å². The molecule has 2 aromatic carbocycles. The van der Waals surface area contributed by atoms with Gasteiger partial charge in [-0.05, 0) is 87.7 Å². The zero-order valence-corrected chi connectivity index (χ0v) is 22.0. The lowest BCUT2D eigenvalue weighted by molar-refractivity contribution is -0.136. The van der Waals surface area contributed by atoms with E-state index in [1.807, 2.05) is 19.9 Å². The van der Waals surface area contributed by atoms with Gasteiger partial charge in [-0.3, -0.25) is 9.69 Å². The maximum Gasteiger partial charge on any atom is 0.340 e. The monoisotopic (exact) mass is 508 g/mol. The third-order valence-electron chi connectivity index (χ3n) is 6.33. The summed E-state index contributed by atoms with van der Waals surface area (Å²) >= 11 is 12.3. The first-order chi connectivity index (χ1) is 16.5. The molecule has 0 atom stereocenters. The van der Waals surface area contributed by atoms with Gasteiger partial charge < -0.3 is 9.30 Å². The van der Waals surface area contributed by atoms with Crippen molar-refractivity contribution < 1.29 is 14.3 Å². The van der Waals surface area contributed by atoms with E-state index in [2.05, 4.69) is 36.6 Å². The number of anilines is 1. The number of hydrogen-bond donors (Lipinski definition) is 0. The first-order valence-electron chi connectivity index (χ1n) is 11.1. The summed E-state index contributed by atoms with van der Waals surface area (Å²) in [5.41, 5.74) is 7.69. The maximum absolute atomic E-state index is 13.6. The molecule has 0 N–H and O–H groups in total. The van der Waals surface area contributed by atoms with Crippen LogP contribution in [0.15, 0.2) is 59.3 Å². The minimum Gasteiger partial charge on any atom is -0.465 e. The molecule has 7 heteroatoms. The third kappa shape index (κ3) is 4.30. The molecular weight excluding hydrogens is 483 g/mol. The molecule has 0 spiro atoms. The number of aromatic nitrogens is 1. The van der Waals surface area contributed by atoms with Gasteiger partial charge in [-0.1, -0.05) is 35.3 Å². The van der Waals surface area contributed by atoms with Crippen LogP contribution in [0.25, 0.3) is 11.8 Å². The van der Waals surface area contributed by atoms with Gasteiger partial charge in [-0.25, -0.2) is 4.79 Å². The lowest BCUT2D eigenvalue weighted by atomic mass is 10.0. The number of methoxy groups -OCH3 is 1. The molecule has 35 heavy (non-hydrogen) atoms. The van der Waals surface area contributed by atoms with Gasteiger partial charge >= 0.3 is 5.97 Å². The molecule has 1 aliphatic heterocycles. The average molecular weight is 509 g/mol. The Morgan fingerprint density at radius 1 is 0.943 bits per heavy atom. The summed E-state index contributed by atoms with van der Waals surface area (Å²) in [4.78, 5) is 27.9. The molecule has 5 nitrogen and oxygen atoms in total. The highest BCUT2D eigenvalue weighted by molar-refractivity contribution is 6.42. The van der Waals surface area contributed by atoms with Crippen LogP contribution in [0, 0.1) is 27.7 Å². The van der Waals surface area contributed by atoms with Crippen molar-refractivity contribution in [2.24, 2.45) is 0 Å². The highest BCUT2D eigenvalue weighted by atomic mass is 35.5. The Hall–Kier alpha value is -3.28. The number of ether oxygens (including phenoxy) is 1. The molecule has 0 bridgehead atoms. The smallest absolute Gasteiger partial charge is 0.340 e. The fourth-order valence-corrected chi connectivity index (χ4v) is 4.83. The largest absolute Gasteiger partial charge is 0.465 e. The predicted molar refractivity (Wildman–Crippen MR) is 141 cm³/mol. The molecule has 2 heterocycles. The highest BCUT2D eigenvalue weighted by Crippen LogP contribution is 2.38. The van der Waals surface area contributed by atoms with Crippen LogP contribution in [0.1, 0.15) is 35.0 Å². The lowest BCUT2D eigenvalue weighted by Crippen LogP contribution is -2.24. The van der Waals surface area contributed by atoms with Crippen LogP contribution in [-0.2, 0) is 14.3 Å². The molecule has 1 aliphatic rings. The molecule has 0 saturated carbocycles. The first-order valence-corrected chi connectivity index (χ1v) is 11.9. The Bertz CT molecular complexity index is 1450. The van der Waals surface area contributed by atoms with E-state index in [1.165, 1.54) is 12.0 Å². The number of halogens is 2. The standard InChI is InChI=1S/C28H26Cl2N2O3/c1-15-7-8-16(2)25(11-15)31-17(3)12-20(18(31)4)13-22-26(28(34)35-6)19(5)32(27(22)33)21-9-10-23(29)24(30)14-21/h7-14H,1-6H3/b22-13-. The van der Waals surface area contributed by atoms with E-state index in [9.17, 15) is 9.59 Å². The van der Waals surface area contributed by atoms with E-state index >= 15 is 0 Å². The summed E-state index contributed by atoms with van der Waals surface area (Å²) in [5, 5.41) is 0.699. The normalized spacial score (nSPS) is 14.9. The van der Waals surface area contributed by atoms with E-state index in [-0.39, 0.29) is 17.1 Å². The molecule has 3 aromatic rings. The second-order valence-corrected chi connectivity index (χ2v) is 9.52. The summed E-state index contributed by atoms with van der Waals surface area (Å²) in [5.74, 6) is -0.911. The molecule has 0 fully saturated rings. The van der Waals surface area contributed by atoms with E-state index < -0.39 is 5.97 Å². The molecule has 0 aliphatic carbocycles. The number of carbonyl (C=O) groups is 2. The fourth-order valence-electron chi connectivity index (χ4n) is 4.54. The Balaban J connectivity index is 1.87. The lowest BCUT2D eigenvalue weighted by Gasteiger charge is -2.18. The van der Waals surface area contributed by atoms with Crippen molar-refractivity contribution in [1.82, 2.24) is 4.57 Å². The van der Waals surface area contributed by atoms with Gasteiger partial charge in [0.1, 0.15) is 0 Å². The third-order valence-corrected chi connectivity index (χ3v) is 7.07. The number of rotatable bonds is 4.